The fourth-order valence-corrected chi connectivity index (χ4v) is 1.59. The SMILES string of the molecule is Cc1occc1C1CC=CC1=O. The van der Waals surface area contributed by atoms with Gasteiger partial charge in [0.1, 0.15) is 5.76 Å². The van der Waals surface area contributed by atoms with Gasteiger partial charge in [0.15, 0.2) is 5.78 Å². The van der Waals surface area contributed by atoms with Crippen LogP contribution in [0.3, 0.4) is 0 Å². The van der Waals surface area contributed by atoms with Crippen molar-refractivity contribution in [2.24, 2.45) is 0 Å². The summed E-state index contributed by atoms with van der Waals surface area (Å²) in [5, 5.41) is 0. The van der Waals surface area contributed by atoms with Crippen molar-refractivity contribution in [3.63, 3.8) is 0 Å². The average Bonchev–Trinajstić information content (AvgIpc) is 2.59. The molecular weight excluding hydrogens is 152 g/mol. The smallest absolute Gasteiger partial charge is 0.163 e. The number of allylic oxidation sites excluding steroid dienone is 2. The van der Waals surface area contributed by atoms with Crippen molar-refractivity contribution < 1.29 is 9.21 Å². The lowest BCUT2D eigenvalue weighted by atomic mass is 9.97. The van der Waals surface area contributed by atoms with Gasteiger partial charge >= 0.3 is 0 Å². The third kappa shape index (κ3) is 0.998. The van der Waals surface area contributed by atoms with Crippen LogP contribution in [-0.4, -0.2) is 5.78 Å². The van der Waals surface area contributed by atoms with E-state index in [2.05, 4.69) is 0 Å². The van der Waals surface area contributed by atoms with Crippen LogP contribution in [0.15, 0.2) is 28.9 Å². The standard InChI is InChI=1S/C10H10O2/c1-7-8(5-6-12-7)9-3-2-4-10(9)11/h2,4-6,9H,3H2,1H3. The zero-order valence-electron chi connectivity index (χ0n) is 6.91. The van der Waals surface area contributed by atoms with Crippen molar-refractivity contribution in [1.82, 2.24) is 0 Å². The van der Waals surface area contributed by atoms with Crippen molar-refractivity contribution >= 4 is 5.78 Å². The highest BCUT2D eigenvalue weighted by atomic mass is 16.3. The number of rotatable bonds is 1. The second-order valence-electron chi connectivity index (χ2n) is 3.03. The molecule has 1 aliphatic carbocycles. The molecule has 2 rings (SSSR count). The Morgan fingerprint density at radius 2 is 2.42 bits per heavy atom. The van der Waals surface area contributed by atoms with Crippen LogP contribution >= 0.6 is 0 Å². The molecule has 1 heterocycles. The van der Waals surface area contributed by atoms with Gasteiger partial charge in [-0.1, -0.05) is 6.08 Å². The van der Waals surface area contributed by atoms with Gasteiger partial charge in [0.05, 0.1) is 12.2 Å². The zero-order valence-corrected chi connectivity index (χ0v) is 6.91. The second-order valence-corrected chi connectivity index (χ2v) is 3.03. The van der Waals surface area contributed by atoms with Gasteiger partial charge in [0, 0.05) is 5.56 Å². The van der Waals surface area contributed by atoms with Crippen LogP contribution in [0.5, 0.6) is 0 Å². The Labute approximate surface area is 70.9 Å². The minimum absolute atomic E-state index is 0.0174. The highest BCUT2D eigenvalue weighted by Crippen LogP contribution is 2.29. The van der Waals surface area contributed by atoms with Gasteiger partial charge in [-0.05, 0) is 25.5 Å². The summed E-state index contributed by atoms with van der Waals surface area (Å²) < 4.78 is 5.15. The van der Waals surface area contributed by atoms with Gasteiger partial charge in [0.2, 0.25) is 0 Å². The first-order valence-electron chi connectivity index (χ1n) is 4.03. The molecule has 0 bridgehead atoms. The van der Waals surface area contributed by atoms with E-state index in [0.29, 0.717) is 0 Å². The number of hydrogen-bond acceptors (Lipinski definition) is 2. The maximum atomic E-state index is 11.3. The molecule has 0 aliphatic heterocycles. The molecule has 0 spiro atoms. The fraction of sp³-hybridized carbons (Fsp3) is 0.300. The lowest BCUT2D eigenvalue weighted by molar-refractivity contribution is -0.115. The highest BCUT2D eigenvalue weighted by Gasteiger charge is 2.23. The first kappa shape index (κ1) is 7.35. The quantitative estimate of drug-likeness (QED) is 0.633. The van der Waals surface area contributed by atoms with Crippen LogP contribution in [0.1, 0.15) is 23.7 Å². The molecule has 0 N–H and O–H groups in total. The summed E-state index contributed by atoms with van der Waals surface area (Å²) in [6.45, 7) is 1.89. The van der Waals surface area contributed by atoms with E-state index in [4.69, 9.17) is 4.42 Å². The number of carbonyl (C=O) groups excluding carboxylic acids is 1. The average molecular weight is 162 g/mol. The fourth-order valence-electron chi connectivity index (χ4n) is 1.59. The molecule has 1 aliphatic rings. The van der Waals surface area contributed by atoms with Gasteiger partial charge in [-0.3, -0.25) is 4.79 Å². The second kappa shape index (κ2) is 2.63. The number of carbonyl (C=O) groups is 1. The summed E-state index contributed by atoms with van der Waals surface area (Å²) in [4.78, 5) is 11.3. The highest BCUT2D eigenvalue weighted by molar-refractivity contribution is 5.97. The molecule has 0 amide bonds. The molecule has 2 nitrogen and oxygen atoms in total. The van der Waals surface area contributed by atoms with Crippen molar-refractivity contribution in [2.75, 3.05) is 0 Å². The van der Waals surface area contributed by atoms with Gasteiger partial charge in [0.25, 0.3) is 0 Å². The number of aryl methyl sites for hydroxylation is 1. The Kier molecular flexibility index (Phi) is 1.61. The molecule has 0 fully saturated rings. The maximum absolute atomic E-state index is 11.3. The molecule has 0 saturated carbocycles. The lowest BCUT2D eigenvalue weighted by Gasteiger charge is -2.04. The first-order valence-corrected chi connectivity index (χ1v) is 4.03. The van der Waals surface area contributed by atoms with E-state index in [9.17, 15) is 4.79 Å². The van der Waals surface area contributed by atoms with Gasteiger partial charge in [-0.15, -0.1) is 0 Å². The normalized spacial score (nSPS) is 22.1. The van der Waals surface area contributed by atoms with E-state index < -0.39 is 0 Å². The summed E-state index contributed by atoms with van der Waals surface area (Å²) >= 11 is 0. The Bertz CT molecular complexity index is 333. The van der Waals surface area contributed by atoms with Crippen LogP contribution in [0, 0.1) is 6.92 Å². The molecule has 1 unspecified atom stereocenters. The Balaban J connectivity index is 2.32. The molecule has 12 heavy (non-hydrogen) atoms. The van der Waals surface area contributed by atoms with Crippen molar-refractivity contribution in [3.05, 3.63) is 35.8 Å². The van der Waals surface area contributed by atoms with E-state index in [-0.39, 0.29) is 11.7 Å². The van der Waals surface area contributed by atoms with Gasteiger partial charge < -0.3 is 4.42 Å². The third-order valence-electron chi connectivity index (χ3n) is 2.27. The van der Waals surface area contributed by atoms with E-state index in [1.807, 2.05) is 19.1 Å². The summed E-state index contributed by atoms with van der Waals surface area (Å²) in [6, 6.07) is 1.88. The third-order valence-corrected chi connectivity index (χ3v) is 2.27. The largest absolute Gasteiger partial charge is 0.469 e. The first-order chi connectivity index (χ1) is 5.79. The number of hydrogen-bond donors (Lipinski definition) is 0. The minimum Gasteiger partial charge on any atom is -0.469 e. The molecule has 0 radical (unpaired) electrons. The summed E-state index contributed by atoms with van der Waals surface area (Å²) in [7, 11) is 0. The Morgan fingerprint density at radius 3 is 2.92 bits per heavy atom. The van der Waals surface area contributed by atoms with Crippen LogP contribution in [0.25, 0.3) is 0 Å². The zero-order chi connectivity index (χ0) is 8.55. The van der Waals surface area contributed by atoms with E-state index in [1.165, 1.54) is 0 Å². The van der Waals surface area contributed by atoms with Crippen LogP contribution < -0.4 is 0 Å². The van der Waals surface area contributed by atoms with E-state index in [1.54, 1.807) is 12.3 Å². The Hall–Kier alpha value is -1.31. The molecule has 0 aromatic carbocycles. The minimum atomic E-state index is 0.0174. The van der Waals surface area contributed by atoms with Crippen molar-refractivity contribution in [2.45, 2.75) is 19.3 Å². The van der Waals surface area contributed by atoms with Crippen molar-refractivity contribution in [1.29, 1.82) is 0 Å². The molecule has 1 aromatic rings. The monoisotopic (exact) mass is 162 g/mol. The molecule has 0 saturated heterocycles. The molecular formula is C10H10O2. The van der Waals surface area contributed by atoms with Crippen molar-refractivity contribution in [3.8, 4) is 0 Å². The van der Waals surface area contributed by atoms with E-state index in [0.717, 1.165) is 17.7 Å². The predicted molar refractivity (Wildman–Crippen MR) is 45.0 cm³/mol. The van der Waals surface area contributed by atoms with E-state index >= 15 is 0 Å². The molecule has 1 atom stereocenters. The predicted octanol–water partition coefficient (Wildman–Crippen LogP) is 2.20. The topological polar surface area (TPSA) is 30.2 Å². The summed E-state index contributed by atoms with van der Waals surface area (Å²) in [5.41, 5.74) is 1.03. The number of furan rings is 1. The van der Waals surface area contributed by atoms with Gasteiger partial charge in [-0.2, -0.15) is 0 Å². The lowest BCUT2D eigenvalue weighted by Crippen LogP contribution is -2.04. The summed E-state index contributed by atoms with van der Waals surface area (Å²) in [5.74, 6) is 1.07. The van der Waals surface area contributed by atoms with Crippen LogP contribution in [0.2, 0.25) is 0 Å². The molecule has 62 valence electrons. The summed E-state index contributed by atoms with van der Waals surface area (Å²) in [6.07, 6.45) is 6.02. The number of ketones is 1. The van der Waals surface area contributed by atoms with Gasteiger partial charge in [-0.25, -0.2) is 0 Å². The van der Waals surface area contributed by atoms with Crippen LogP contribution in [0.4, 0.5) is 0 Å². The Morgan fingerprint density at radius 1 is 1.58 bits per heavy atom. The molecule has 1 aromatic heterocycles. The van der Waals surface area contributed by atoms with Crippen LogP contribution in [-0.2, 0) is 4.79 Å². The maximum Gasteiger partial charge on any atom is 0.163 e. The molecule has 2 heteroatoms.